The molecule has 2 heterocycles. The molecule has 2 aromatic heterocycles. The van der Waals surface area contributed by atoms with Gasteiger partial charge in [-0.05, 0) is 31.0 Å². The van der Waals surface area contributed by atoms with Crippen LogP contribution in [0.15, 0.2) is 59.3 Å². The van der Waals surface area contributed by atoms with Crippen molar-refractivity contribution in [2.45, 2.75) is 26.2 Å². The summed E-state index contributed by atoms with van der Waals surface area (Å²) in [5.41, 5.74) is 1.75. The average Bonchev–Trinajstić information content (AvgIpc) is 3.30. The first kappa shape index (κ1) is 17.6. The first-order valence-electron chi connectivity index (χ1n) is 8.65. The average molecular weight is 347 g/mol. The molecule has 1 unspecified atom stereocenters. The van der Waals surface area contributed by atoms with E-state index in [-0.39, 0.29) is 17.4 Å². The highest BCUT2D eigenvalue weighted by Crippen LogP contribution is 2.26. The fourth-order valence-electron chi connectivity index (χ4n) is 3.09. The Bertz CT molecular complexity index is 918. The molecule has 1 aromatic carbocycles. The van der Waals surface area contributed by atoms with Gasteiger partial charge in [-0.2, -0.15) is 5.26 Å². The number of carbonyl (C=O) groups is 1. The van der Waals surface area contributed by atoms with Gasteiger partial charge in [-0.15, -0.1) is 0 Å². The molecule has 0 aliphatic rings. The Kier molecular flexibility index (Phi) is 5.23. The summed E-state index contributed by atoms with van der Waals surface area (Å²) in [6.45, 7) is 4.31. The molecule has 0 fully saturated rings. The molecule has 5 nitrogen and oxygen atoms in total. The number of rotatable bonds is 6. The van der Waals surface area contributed by atoms with Crippen LogP contribution in [-0.2, 0) is 0 Å². The minimum Gasteiger partial charge on any atom is -0.443 e. The van der Waals surface area contributed by atoms with Crippen LogP contribution in [0.4, 0.5) is 0 Å². The maximum atomic E-state index is 12.7. The topological polar surface area (TPSA) is 71.0 Å². The van der Waals surface area contributed by atoms with Crippen LogP contribution in [0.2, 0.25) is 0 Å². The van der Waals surface area contributed by atoms with Crippen LogP contribution in [0, 0.1) is 18.3 Å². The number of carbonyl (C=O) groups excluding carboxylic acids is 1. The molecule has 0 saturated heterocycles. The molecule has 3 rings (SSSR count). The van der Waals surface area contributed by atoms with E-state index in [4.69, 9.17) is 4.42 Å². The zero-order valence-corrected chi connectivity index (χ0v) is 14.9. The van der Waals surface area contributed by atoms with Gasteiger partial charge in [0.25, 0.3) is 5.91 Å². The SMILES string of the molecule is CCC(CNC(=O)c1c(C)oc(-n2cccc2)c1C#N)c1ccccc1. The van der Waals surface area contributed by atoms with Gasteiger partial charge in [0, 0.05) is 24.9 Å². The molecule has 0 saturated carbocycles. The smallest absolute Gasteiger partial charge is 0.256 e. The summed E-state index contributed by atoms with van der Waals surface area (Å²) in [6, 6.07) is 15.9. The van der Waals surface area contributed by atoms with Crippen molar-refractivity contribution in [3.63, 3.8) is 0 Å². The van der Waals surface area contributed by atoms with E-state index in [1.807, 2.05) is 30.3 Å². The molecule has 1 amide bonds. The Labute approximate surface area is 152 Å². The fraction of sp³-hybridized carbons (Fsp3) is 0.238. The van der Waals surface area contributed by atoms with Crippen molar-refractivity contribution in [3.05, 3.63) is 77.3 Å². The van der Waals surface area contributed by atoms with Gasteiger partial charge < -0.3 is 9.73 Å². The van der Waals surface area contributed by atoms with Crippen molar-refractivity contribution in [3.8, 4) is 12.0 Å². The van der Waals surface area contributed by atoms with Gasteiger partial charge in [0.1, 0.15) is 23.0 Å². The summed E-state index contributed by atoms with van der Waals surface area (Å²) in [5.74, 6) is 0.753. The summed E-state index contributed by atoms with van der Waals surface area (Å²) in [7, 11) is 0. The zero-order chi connectivity index (χ0) is 18.5. The molecule has 1 atom stereocenters. The third-order valence-electron chi connectivity index (χ3n) is 4.52. The van der Waals surface area contributed by atoms with Crippen molar-refractivity contribution >= 4 is 5.91 Å². The van der Waals surface area contributed by atoms with Crippen molar-refractivity contribution in [2.75, 3.05) is 6.54 Å². The van der Waals surface area contributed by atoms with Gasteiger partial charge in [0.05, 0.1) is 0 Å². The molecule has 3 aromatic rings. The number of aryl methyl sites for hydroxylation is 1. The normalized spacial score (nSPS) is 11.7. The van der Waals surface area contributed by atoms with E-state index in [1.54, 1.807) is 23.9 Å². The van der Waals surface area contributed by atoms with E-state index in [9.17, 15) is 10.1 Å². The molecule has 0 spiro atoms. The Balaban J connectivity index is 1.81. The van der Waals surface area contributed by atoms with E-state index in [0.717, 1.165) is 6.42 Å². The van der Waals surface area contributed by atoms with Gasteiger partial charge in [-0.25, -0.2) is 0 Å². The first-order valence-corrected chi connectivity index (χ1v) is 8.65. The quantitative estimate of drug-likeness (QED) is 0.727. The summed E-state index contributed by atoms with van der Waals surface area (Å²) in [6.07, 6.45) is 4.47. The number of hydrogen-bond donors (Lipinski definition) is 1. The second kappa shape index (κ2) is 7.75. The highest BCUT2D eigenvalue weighted by molar-refractivity contribution is 5.98. The Morgan fingerprint density at radius 3 is 2.54 bits per heavy atom. The molecule has 0 aliphatic carbocycles. The summed E-state index contributed by atoms with van der Waals surface area (Å²) in [4.78, 5) is 12.7. The predicted octanol–water partition coefficient (Wildman–Crippen LogP) is 4.17. The molecule has 5 heteroatoms. The van der Waals surface area contributed by atoms with Gasteiger partial charge in [0.15, 0.2) is 0 Å². The van der Waals surface area contributed by atoms with Crippen LogP contribution in [0.3, 0.4) is 0 Å². The fourth-order valence-corrected chi connectivity index (χ4v) is 3.09. The van der Waals surface area contributed by atoms with Crippen LogP contribution >= 0.6 is 0 Å². The van der Waals surface area contributed by atoms with Crippen molar-refractivity contribution in [1.29, 1.82) is 5.26 Å². The van der Waals surface area contributed by atoms with Crippen LogP contribution in [0.25, 0.3) is 5.88 Å². The molecule has 0 radical (unpaired) electrons. The molecule has 0 aliphatic heterocycles. The highest BCUT2D eigenvalue weighted by atomic mass is 16.4. The number of nitrogens with one attached hydrogen (secondary N) is 1. The molecule has 132 valence electrons. The van der Waals surface area contributed by atoms with Gasteiger partial charge in [0.2, 0.25) is 5.88 Å². The number of benzene rings is 1. The first-order chi connectivity index (χ1) is 12.7. The molecule has 26 heavy (non-hydrogen) atoms. The third-order valence-corrected chi connectivity index (χ3v) is 4.52. The van der Waals surface area contributed by atoms with Gasteiger partial charge in [-0.3, -0.25) is 9.36 Å². The van der Waals surface area contributed by atoms with Crippen LogP contribution in [0.5, 0.6) is 0 Å². The molecular formula is C21H21N3O2. The Hall–Kier alpha value is -3.26. The van der Waals surface area contributed by atoms with E-state index < -0.39 is 0 Å². The Morgan fingerprint density at radius 1 is 1.23 bits per heavy atom. The van der Waals surface area contributed by atoms with E-state index in [0.29, 0.717) is 23.8 Å². The van der Waals surface area contributed by atoms with E-state index in [1.165, 1.54) is 5.56 Å². The second-order valence-corrected chi connectivity index (χ2v) is 6.14. The molecular weight excluding hydrogens is 326 g/mol. The second-order valence-electron chi connectivity index (χ2n) is 6.14. The van der Waals surface area contributed by atoms with Crippen LogP contribution < -0.4 is 5.32 Å². The lowest BCUT2D eigenvalue weighted by Gasteiger charge is -2.16. The summed E-state index contributed by atoms with van der Waals surface area (Å²) < 4.78 is 7.40. The highest BCUT2D eigenvalue weighted by Gasteiger charge is 2.25. The number of aromatic nitrogens is 1. The van der Waals surface area contributed by atoms with Crippen LogP contribution in [0.1, 0.15) is 46.5 Å². The zero-order valence-electron chi connectivity index (χ0n) is 14.9. The monoisotopic (exact) mass is 347 g/mol. The number of hydrogen-bond acceptors (Lipinski definition) is 3. The number of nitriles is 1. The lowest BCUT2D eigenvalue weighted by Crippen LogP contribution is -2.29. The lowest BCUT2D eigenvalue weighted by atomic mass is 9.96. The summed E-state index contributed by atoms with van der Waals surface area (Å²) >= 11 is 0. The van der Waals surface area contributed by atoms with Gasteiger partial charge in [-0.1, -0.05) is 37.3 Å². The number of nitrogens with zero attached hydrogens (tertiary/aromatic N) is 2. The summed E-state index contributed by atoms with van der Waals surface area (Å²) in [5, 5.41) is 12.5. The lowest BCUT2D eigenvalue weighted by molar-refractivity contribution is 0.0949. The van der Waals surface area contributed by atoms with Crippen LogP contribution in [-0.4, -0.2) is 17.0 Å². The van der Waals surface area contributed by atoms with Crippen molar-refractivity contribution in [2.24, 2.45) is 0 Å². The standard InChI is InChI=1S/C21H21N3O2/c1-3-16(17-9-5-4-6-10-17)14-23-20(25)19-15(2)26-21(18(19)13-22)24-11-7-8-12-24/h4-12,16H,3,14H2,1-2H3,(H,23,25). The minimum absolute atomic E-state index is 0.224. The predicted molar refractivity (Wildman–Crippen MR) is 99.3 cm³/mol. The van der Waals surface area contributed by atoms with E-state index in [2.05, 4.69) is 30.4 Å². The number of amides is 1. The van der Waals surface area contributed by atoms with E-state index >= 15 is 0 Å². The molecule has 0 bridgehead atoms. The number of furan rings is 1. The van der Waals surface area contributed by atoms with Gasteiger partial charge >= 0.3 is 0 Å². The van der Waals surface area contributed by atoms with Crippen molar-refractivity contribution < 1.29 is 9.21 Å². The van der Waals surface area contributed by atoms with Crippen molar-refractivity contribution in [1.82, 2.24) is 9.88 Å². The largest absolute Gasteiger partial charge is 0.443 e. The Morgan fingerprint density at radius 2 is 1.92 bits per heavy atom. The maximum Gasteiger partial charge on any atom is 0.256 e. The third kappa shape index (κ3) is 3.40. The maximum absolute atomic E-state index is 12.7. The molecule has 1 N–H and O–H groups in total. The minimum atomic E-state index is -0.282.